The minimum Gasteiger partial charge on any atom is -0.493 e. The molecule has 2 atom stereocenters. The third-order valence-electron chi connectivity index (χ3n) is 7.09. The fraction of sp³-hybridized carbons (Fsp3) is 0.433. The van der Waals surface area contributed by atoms with E-state index in [1.54, 1.807) is 17.0 Å². The van der Waals surface area contributed by atoms with Gasteiger partial charge in [0.2, 0.25) is 5.91 Å². The highest BCUT2D eigenvalue weighted by Crippen LogP contribution is 2.36. The van der Waals surface area contributed by atoms with E-state index in [-0.39, 0.29) is 37.0 Å². The molecule has 0 saturated heterocycles. The van der Waals surface area contributed by atoms with E-state index in [0.29, 0.717) is 53.8 Å². The van der Waals surface area contributed by atoms with Gasteiger partial charge in [0, 0.05) is 38.4 Å². The van der Waals surface area contributed by atoms with E-state index in [4.69, 9.17) is 29.2 Å². The third-order valence-corrected chi connectivity index (χ3v) is 8.20. The average molecular weight is 615 g/mol. The molecule has 0 spiro atoms. The number of aromatic nitrogens is 1. The van der Waals surface area contributed by atoms with E-state index < -0.39 is 23.8 Å². The molecule has 2 N–H and O–H groups in total. The van der Waals surface area contributed by atoms with Crippen LogP contribution in [0.4, 0.5) is 0 Å². The Bertz CT molecular complexity index is 1530. The Hall–Kier alpha value is -4.39. The van der Waals surface area contributed by atoms with Crippen LogP contribution in [0.5, 0.6) is 23.1 Å². The zero-order chi connectivity index (χ0) is 31.3. The monoisotopic (exact) mass is 614 g/mol. The van der Waals surface area contributed by atoms with Gasteiger partial charge in [-0.3, -0.25) is 19.2 Å². The van der Waals surface area contributed by atoms with Crippen LogP contribution in [-0.4, -0.2) is 71.2 Å². The molecule has 0 fully saturated rings. The second-order valence-electron chi connectivity index (χ2n) is 10.4. The van der Waals surface area contributed by atoms with Gasteiger partial charge in [-0.15, -0.1) is 11.3 Å². The molecule has 0 saturated carbocycles. The highest BCUT2D eigenvalue weighted by Gasteiger charge is 2.28. The number of carbonyl (C=O) groups is 4. The second kappa shape index (κ2) is 13.7. The number of aliphatic carboxylic acids is 2. The van der Waals surface area contributed by atoms with Crippen LogP contribution in [0.3, 0.4) is 0 Å². The van der Waals surface area contributed by atoms with Gasteiger partial charge in [-0.25, -0.2) is 4.98 Å². The van der Waals surface area contributed by atoms with Crippen molar-refractivity contribution in [1.29, 1.82) is 0 Å². The zero-order valence-electron chi connectivity index (χ0n) is 24.4. The Morgan fingerprint density at radius 3 is 2.09 bits per heavy atom. The van der Waals surface area contributed by atoms with Crippen LogP contribution < -0.4 is 18.9 Å². The van der Waals surface area contributed by atoms with Gasteiger partial charge in [0.05, 0.1) is 54.4 Å². The summed E-state index contributed by atoms with van der Waals surface area (Å²) in [5.41, 5.74) is 2.39. The first-order valence-corrected chi connectivity index (χ1v) is 14.5. The van der Waals surface area contributed by atoms with Gasteiger partial charge in [0.25, 0.3) is 5.88 Å². The number of methoxy groups -OCH3 is 2. The molecule has 1 aliphatic heterocycles. The molecule has 0 aliphatic carbocycles. The molecule has 12 nitrogen and oxygen atoms in total. The Labute approximate surface area is 252 Å². The van der Waals surface area contributed by atoms with Crippen molar-refractivity contribution < 1.29 is 48.3 Å². The lowest BCUT2D eigenvalue weighted by molar-refractivity contribution is -0.145. The van der Waals surface area contributed by atoms with Crippen molar-refractivity contribution in [2.45, 2.75) is 46.2 Å². The van der Waals surface area contributed by atoms with Crippen LogP contribution >= 0.6 is 11.3 Å². The number of fused-ring (bicyclic) bond motifs is 2. The summed E-state index contributed by atoms with van der Waals surface area (Å²) in [6, 6.07) is 7.05. The number of carboxylic acid groups (broad SMARTS) is 2. The van der Waals surface area contributed by atoms with Gasteiger partial charge in [-0.2, -0.15) is 0 Å². The first-order chi connectivity index (χ1) is 20.5. The summed E-state index contributed by atoms with van der Waals surface area (Å²) in [5.74, 6) is -2.30. The summed E-state index contributed by atoms with van der Waals surface area (Å²) in [6.45, 7) is 4.32. The number of amides is 1. The lowest BCUT2D eigenvalue weighted by Crippen LogP contribution is -2.28. The molecule has 3 aromatic rings. The van der Waals surface area contributed by atoms with Crippen molar-refractivity contribution in [2.75, 3.05) is 27.4 Å². The predicted molar refractivity (Wildman–Crippen MR) is 156 cm³/mol. The number of carboxylic acids is 2. The van der Waals surface area contributed by atoms with Crippen LogP contribution in [0.15, 0.2) is 24.3 Å². The van der Waals surface area contributed by atoms with Crippen molar-refractivity contribution in [3.63, 3.8) is 0 Å². The van der Waals surface area contributed by atoms with E-state index >= 15 is 0 Å². The molecule has 43 heavy (non-hydrogen) atoms. The maximum absolute atomic E-state index is 12.6. The number of hydrogen-bond acceptors (Lipinski definition) is 10. The van der Waals surface area contributed by atoms with Gasteiger partial charge in [-0.1, -0.05) is 13.8 Å². The fourth-order valence-electron chi connectivity index (χ4n) is 4.53. The molecule has 230 valence electrons. The number of pyridine rings is 1. The number of Topliss-reactive ketones (excluding diaryl/α,β-unsaturated/α-hetero) is 1. The van der Waals surface area contributed by atoms with Crippen molar-refractivity contribution in [3.8, 4) is 23.1 Å². The van der Waals surface area contributed by atoms with Crippen LogP contribution in [0.25, 0.3) is 10.2 Å². The van der Waals surface area contributed by atoms with Crippen LogP contribution in [0.1, 0.15) is 53.9 Å². The third kappa shape index (κ3) is 7.53. The number of nitrogens with zero attached hydrogens (tertiary/aromatic N) is 2. The zero-order valence-corrected chi connectivity index (χ0v) is 25.2. The standard InChI is InChI=1S/C30H34N2O10S/c1-16(29(35)36)8-21(33)26-12-20-25(43-26)13-24(40-4)28(31-20)42-7-5-6-41-23-11-19-15-32(14-18(19)10-22(23)39-3)27(34)9-17(2)30(37)38/h10-13,16-17H,5-9,14-15H2,1-4H3,(H,35,36)(H,37,38)/t16-,17-/m0/s1. The van der Waals surface area contributed by atoms with Gasteiger partial charge in [-0.05, 0) is 29.3 Å². The Morgan fingerprint density at radius 2 is 1.47 bits per heavy atom. The fourth-order valence-corrected chi connectivity index (χ4v) is 5.51. The molecule has 1 aliphatic rings. The number of ketones is 1. The largest absolute Gasteiger partial charge is 0.493 e. The summed E-state index contributed by atoms with van der Waals surface area (Å²) < 4.78 is 23.5. The molecule has 13 heteroatoms. The van der Waals surface area contributed by atoms with Crippen molar-refractivity contribution in [1.82, 2.24) is 9.88 Å². The minimum absolute atomic E-state index is 0.0614. The van der Waals surface area contributed by atoms with Crippen LogP contribution in [0, 0.1) is 11.8 Å². The van der Waals surface area contributed by atoms with E-state index in [1.165, 1.54) is 39.4 Å². The lowest BCUT2D eigenvalue weighted by atomic mass is 10.0. The number of thiophene rings is 1. The molecule has 0 unspecified atom stereocenters. The minimum atomic E-state index is -1.02. The molecular formula is C30H34N2O10S. The summed E-state index contributed by atoms with van der Waals surface area (Å²) >= 11 is 1.23. The van der Waals surface area contributed by atoms with Crippen molar-refractivity contribution in [3.05, 3.63) is 40.3 Å². The maximum atomic E-state index is 12.6. The highest BCUT2D eigenvalue weighted by molar-refractivity contribution is 7.20. The molecule has 1 aromatic carbocycles. The number of hydrogen-bond donors (Lipinski definition) is 2. The van der Waals surface area contributed by atoms with Gasteiger partial charge < -0.3 is 34.1 Å². The summed E-state index contributed by atoms with van der Waals surface area (Å²) in [7, 11) is 3.03. The molecule has 1 amide bonds. The number of benzene rings is 1. The molecule has 3 heterocycles. The van der Waals surface area contributed by atoms with Crippen molar-refractivity contribution in [2.24, 2.45) is 11.8 Å². The Kier molecular flexibility index (Phi) is 10.1. The summed E-state index contributed by atoms with van der Waals surface area (Å²) in [4.78, 5) is 53.9. The Morgan fingerprint density at radius 1 is 0.860 bits per heavy atom. The molecule has 2 aromatic heterocycles. The number of rotatable bonds is 15. The maximum Gasteiger partial charge on any atom is 0.306 e. The normalized spacial score (nSPS) is 13.7. The first-order valence-electron chi connectivity index (χ1n) is 13.7. The quantitative estimate of drug-likeness (QED) is 0.184. The van der Waals surface area contributed by atoms with Gasteiger partial charge in [0.1, 0.15) is 0 Å². The van der Waals surface area contributed by atoms with E-state index in [9.17, 15) is 19.2 Å². The predicted octanol–water partition coefficient (Wildman–Crippen LogP) is 4.41. The van der Waals surface area contributed by atoms with Crippen LogP contribution in [0.2, 0.25) is 0 Å². The molecule has 0 bridgehead atoms. The van der Waals surface area contributed by atoms with E-state index in [0.717, 1.165) is 15.8 Å². The molecular weight excluding hydrogens is 580 g/mol. The van der Waals surface area contributed by atoms with Gasteiger partial charge >= 0.3 is 11.9 Å². The summed E-state index contributed by atoms with van der Waals surface area (Å²) in [6.07, 6.45) is 0.343. The number of ether oxygens (including phenoxy) is 4. The first kappa shape index (κ1) is 31.5. The van der Waals surface area contributed by atoms with Crippen LogP contribution in [-0.2, 0) is 27.5 Å². The average Bonchev–Trinajstić information content (AvgIpc) is 3.59. The molecule has 0 radical (unpaired) electrons. The summed E-state index contributed by atoms with van der Waals surface area (Å²) in [5, 5.41) is 18.2. The highest BCUT2D eigenvalue weighted by atomic mass is 32.1. The van der Waals surface area contributed by atoms with E-state index in [2.05, 4.69) is 4.98 Å². The smallest absolute Gasteiger partial charge is 0.306 e. The SMILES string of the molecule is COc1cc2c(cc1OCCCOc1nc3cc(C(=O)C[C@H](C)C(=O)O)sc3cc1OC)CN(C(=O)C[C@H](C)C(=O)O)C2. The van der Waals surface area contributed by atoms with Crippen molar-refractivity contribution >= 4 is 45.2 Å². The number of carbonyl (C=O) groups excluding carboxylic acids is 2. The second-order valence-corrected chi connectivity index (χ2v) is 11.5. The topological polar surface area (TPSA) is 162 Å². The Balaban J connectivity index is 1.34. The molecule has 4 rings (SSSR count). The van der Waals surface area contributed by atoms with E-state index in [1.807, 2.05) is 12.1 Å². The van der Waals surface area contributed by atoms with Gasteiger partial charge in [0.15, 0.2) is 23.0 Å². The lowest BCUT2D eigenvalue weighted by Gasteiger charge is -2.16.